The van der Waals surface area contributed by atoms with E-state index in [0.717, 1.165) is 22.4 Å². The lowest BCUT2D eigenvalue weighted by Crippen LogP contribution is -2.18. The van der Waals surface area contributed by atoms with E-state index in [1.807, 2.05) is 39.2 Å². The van der Waals surface area contributed by atoms with Gasteiger partial charge in [0.05, 0.1) is 11.0 Å². The molecule has 2 aromatic rings. The van der Waals surface area contributed by atoms with Crippen LogP contribution < -0.4 is 0 Å². The number of nitrogens with one attached hydrogen (secondary N) is 1. The number of aryl methyl sites for hydroxylation is 1. The number of aromatic nitrogens is 2. The van der Waals surface area contributed by atoms with Crippen LogP contribution in [0.25, 0.3) is 11.0 Å². The Morgan fingerprint density at radius 1 is 1.40 bits per heavy atom. The molecule has 1 unspecified atom stereocenters. The van der Waals surface area contributed by atoms with Crippen molar-refractivity contribution in [1.82, 2.24) is 14.9 Å². The van der Waals surface area contributed by atoms with Crippen LogP contribution in [0.1, 0.15) is 17.6 Å². The van der Waals surface area contributed by atoms with E-state index in [4.69, 9.17) is 0 Å². The number of benzene rings is 1. The third kappa shape index (κ3) is 1.86. The van der Waals surface area contributed by atoms with Gasteiger partial charge in [-0.15, -0.1) is 0 Å². The Bertz CT molecular complexity index is 476. The highest BCUT2D eigenvalue weighted by Crippen LogP contribution is 2.19. The van der Waals surface area contributed by atoms with Crippen LogP contribution in [0.15, 0.2) is 18.2 Å². The standard InChI is InChI=1S/C11H15N3O/c1-7-12-9-5-4-8(6-10(9)13-7)11(15)14(2)3/h4-6,11,15H,1-3H3,(H,12,13). The van der Waals surface area contributed by atoms with Crippen LogP contribution in [0, 0.1) is 6.92 Å². The number of aromatic amines is 1. The highest BCUT2D eigenvalue weighted by molar-refractivity contribution is 5.75. The summed E-state index contributed by atoms with van der Waals surface area (Å²) in [5, 5.41) is 9.86. The maximum Gasteiger partial charge on any atom is 0.133 e. The summed E-state index contributed by atoms with van der Waals surface area (Å²) < 4.78 is 0. The van der Waals surface area contributed by atoms with E-state index in [0.29, 0.717) is 0 Å². The number of hydrogen-bond donors (Lipinski definition) is 2. The lowest BCUT2D eigenvalue weighted by molar-refractivity contribution is 0.0396. The largest absolute Gasteiger partial charge is 0.374 e. The minimum absolute atomic E-state index is 0.571. The number of aliphatic hydroxyl groups is 1. The average molecular weight is 205 g/mol. The van der Waals surface area contributed by atoms with Gasteiger partial charge < -0.3 is 10.1 Å². The number of fused-ring (bicyclic) bond motifs is 1. The fourth-order valence-electron chi connectivity index (χ4n) is 1.61. The van der Waals surface area contributed by atoms with E-state index in [1.54, 1.807) is 4.90 Å². The molecule has 4 nitrogen and oxygen atoms in total. The summed E-state index contributed by atoms with van der Waals surface area (Å²) in [4.78, 5) is 9.21. The van der Waals surface area contributed by atoms with Crippen LogP contribution >= 0.6 is 0 Å². The first-order chi connectivity index (χ1) is 7.08. The smallest absolute Gasteiger partial charge is 0.133 e. The zero-order valence-corrected chi connectivity index (χ0v) is 9.15. The molecular formula is C11H15N3O. The van der Waals surface area contributed by atoms with Crippen molar-refractivity contribution in [3.8, 4) is 0 Å². The predicted molar refractivity (Wildman–Crippen MR) is 59.5 cm³/mol. The quantitative estimate of drug-likeness (QED) is 0.729. The monoisotopic (exact) mass is 205 g/mol. The normalized spacial score (nSPS) is 13.7. The maximum absolute atomic E-state index is 9.86. The first kappa shape index (κ1) is 10.1. The van der Waals surface area contributed by atoms with Gasteiger partial charge in [0, 0.05) is 0 Å². The first-order valence-electron chi connectivity index (χ1n) is 4.88. The molecule has 0 amide bonds. The van der Waals surface area contributed by atoms with E-state index in [2.05, 4.69) is 9.97 Å². The van der Waals surface area contributed by atoms with Gasteiger partial charge in [0.2, 0.25) is 0 Å². The molecule has 0 aliphatic rings. The highest BCUT2D eigenvalue weighted by atomic mass is 16.3. The van der Waals surface area contributed by atoms with Crippen LogP contribution in [0.4, 0.5) is 0 Å². The molecule has 15 heavy (non-hydrogen) atoms. The average Bonchev–Trinajstić information content (AvgIpc) is 2.55. The molecule has 4 heteroatoms. The topological polar surface area (TPSA) is 52.2 Å². The van der Waals surface area contributed by atoms with Gasteiger partial charge in [0.1, 0.15) is 12.1 Å². The van der Waals surface area contributed by atoms with Crippen molar-refractivity contribution in [2.75, 3.05) is 14.1 Å². The Morgan fingerprint density at radius 3 is 2.80 bits per heavy atom. The molecule has 0 spiro atoms. The second-order valence-corrected chi connectivity index (χ2v) is 3.94. The lowest BCUT2D eigenvalue weighted by Gasteiger charge is -2.18. The molecule has 0 bridgehead atoms. The van der Waals surface area contributed by atoms with Crippen LogP contribution in [-0.2, 0) is 0 Å². The Hall–Kier alpha value is -1.39. The second-order valence-electron chi connectivity index (χ2n) is 3.94. The van der Waals surface area contributed by atoms with Crippen molar-refractivity contribution in [3.05, 3.63) is 29.6 Å². The molecule has 0 radical (unpaired) electrons. The van der Waals surface area contributed by atoms with Gasteiger partial charge in [-0.3, -0.25) is 4.90 Å². The van der Waals surface area contributed by atoms with Gasteiger partial charge >= 0.3 is 0 Å². The third-order valence-corrected chi connectivity index (χ3v) is 2.41. The molecule has 0 saturated heterocycles. The molecule has 0 fully saturated rings. The van der Waals surface area contributed by atoms with Crippen molar-refractivity contribution in [2.45, 2.75) is 13.2 Å². The Labute approximate surface area is 88.6 Å². The molecular weight excluding hydrogens is 190 g/mol. The van der Waals surface area contributed by atoms with E-state index < -0.39 is 6.23 Å². The number of rotatable bonds is 2. The summed E-state index contributed by atoms with van der Waals surface area (Å²) in [5.41, 5.74) is 2.77. The van der Waals surface area contributed by atoms with Gasteiger partial charge in [-0.05, 0) is 38.7 Å². The molecule has 80 valence electrons. The third-order valence-electron chi connectivity index (χ3n) is 2.41. The van der Waals surface area contributed by atoms with Gasteiger partial charge in [-0.2, -0.15) is 0 Å². The minimum atomic E-state index is -0.571. The van der Waals surface area contributed by atoms with E-state index in [1.165, 1.54) is 0 Å². The summed E-state index contributed by atoms with van der Waals surface area (Å²) >= 11 is 0. The second kappa shape index (κ2) is 3.64. The van der Waals surface area contributed by atoms with E-state index in [9.17, 15) is 5.11 Å². The summed E-state index contributed by atoms with van der Waals surface area (Å²) in [6.07, 6.45) is -0.571. The molecule has 0 saturated carbocycles. The Kier molecular flexibility index (Phi) is 2.46. The SMILES string of the molecule is Cc1nc2ccc(C(O)N(C)C)cc2[nH]1. The summed E-state index contributed by atoms with van der Waals surface area (Å²) in [6.45, 7) is 1.92. The van der Waals surface area contributed by atoms with Crippen molar-refractivity contribution in [2.24, 2.45) is 0 Å². The number of H-pyrrole nitrogens is 1. The molecule has 1 atom stereocenters. The summed E-state index contributed by atoms with van der Waals surface area (Å²) in [5.74, 6) is 0.890. The molecule has 1 aromatic heterocycles. The number of hydrogen-bond acceptors (Lipinski definition) is 3. The van der Waals surface area contributed by atoms with Gasteiger partial charge in [-0.25, -0.2) is 4.98 Å². The zero-order valence-electron chi connectivity index (χ0n) is 9.15. The van der Waals surface area contributed by atoms with Crippen LogP contribution in [0.5, 0.6) is 0 Å². The molecule has 1 heterocycles. The zero-order chi connectivity index (χ0) is 11.0. The number of aliphatic hydroxyl groups excluding tert-OH is 1. The van der Waals surface area contributed by atoms with Crippen LogP contribution in [0.3, 0.4) is 0 Å². The van der Waals surface area contributed by atoms with Crippen molar-refractivity contribution in [3.63, 3.8) is 0 Å². The van der Waals surface area contributed by atoms with E-state index >= 15 is 0 Å². The van der Waals surface area contributed by atoms with Crippen LogP contribution in [-0.4, -0.2) is 34.1 Å². The van der Waals surface area contributed by atoms with E-state index in [-0.39, 0.29) is 0 Å². The number of nitrogens with zero attached hydrogens (tertiary/aromatic N) is 2. The minimum Gasteiger partial charge on any atom is -0.374 e. The molecule has 0 aliphatic carbocycles. The van der Waals surface area contributed by atoms with Crippen molar-refractivity contribution >= 4 is 11.0 Å². The summed E-state index contributed by atoms with van der Waals surface area (Å²) in [6, 6.07) is 5.74. The van der Waals surface area contributed by atoms with Crippen LogP contribution in [0.2, 0.25) is 0 Å². The maximum atomic E-state index is 9.86. The highest BCUT2D eigenvalue weighted by Gasteiger charge is 2.10. The predicted octanol–water partition coefficient (Wildman–Crippen LogP) is 1.42. The number of imidazole rings is 1. The fourth-order valence-corrected chi connectivity index (χ4v) is 1.61. The molecule has 2 N–H and O–H groups in total. The molecule has 2 rings (SSSR count). The lowest BCUT2D eigenvalue weighted by atomic mass is 10.1. The molecule has 0 aliphatic heterocycles. The Balaban J connectivity index is 2.46. The van der Waals surface area contributed by atoms with Gasteiger partial charge in [-0.1, -0.05) is 6.07 Å². The summed E-state index contributed by atoms with van der Waals surface area (Å²) in [7, 11) is 3.68. The van der Waals surface area contributed by atoms with Crippen molar-refractivity contribution in [1.29, 1.82) is 0 Å². The Morgan fingerprint density at radius 2 is 2.13 bits per heavy atom. The fraction of sp³-hybridized carbons (Fsp3) is 0.364. The first-order valence-corrected chi connectivity index (χ1v) is 4.88. The van der Waals surface area contributed by atoms with Gasteiger partial charge in [0.15, 0.2) is 0 Å². The molecule has 1 aromatic carbocycles. The van der Waals surface area contributed by atoms with Gasteiger partial charge in [0.25, 0.3) is 0 Å². The van der Waals surface area contributed by atoms with Crippen molar-refractivity contribution < 1.29 is 5.11 Å².